The summed E-state index contributed by atoms with van der Waals surface area (Å²) in [6.45, 7) is 0. The zero-order chi connectivity index (χ0) is 21.6. The molecular formula is C21H22N4O3S2. The molecule has 1 N–H and O–H groups in total. The maximum Gasteiger partial charge on any atom is 0.242 e. The lowest BCUT2D eigenvalue weighted by Gasteiger charge is -2.12. The standard InChI is InChI=1S/C21H22N4O3S2/c1-25(2)30(27,28)18-10-8-17(9-11-18)24-20(26)12-13-29-21-14-19(22-15-23-21)16-6-4-3-5-7-16/h3-11,14-15H,12-13H2,1-2H3,(H,24,26). The van der Waals surface area contributed by atoms with Crippen LogP contribution in [0.2, 0.25) is 0 Å². The number of hydrogen-bond donors (Lipinski definition) is 1. The van der Waals surface area contributed by atoms with Crippen LogP contribution in [0.25, 0.3) is 11.3 Å². The summed E-state index contributed by atoms with van der Waals surface area (Å²) in [6, 6.07) is 17.9. The zero-order valence-electron chi connectivity index (χ0n) is 16.6. The van der Waals surface area contributed by atoms with E-state index in [0.717, 1.165) is 20.6 Å². The molecule has 1 aromatic heterocycles. The lowest BCUT2D eigenvalue weighted by molar-refractivity contribution is -0.115. The van der Waals surface area contributed by atoms with Gasteiger partial charge in [0.1, 0.15) is 6.33 Å². The number of carbonyl (C=O) groups excluding carboxylic acids is 1. The van der Waals surface area contributed by atoms with Crippen molar-refractivity contribution in [2.24, 2.45) is 0 Å². The number of anilines is 1. The fraction of sp³-hybridized carbons (Fsp3) is 0.190. The molecule has 9 heteroatoms. The number of benzene rings is 2. The number of amides is 1. The molecule has 30 heavy (non-hydrogen) atoms. The van der Waals surface area contributed by atoms with Crippen molar-refractivity contribution in [2.45, 2.75) is 16.3 Å². The van der Waals surface area contributed by atoms with Crippen LogP contribution in [-0.2, 0) is 14.8 Å². The number of sulfonamides is 1. The number of rotatable bonds is 8. The Hall–Kier alpha value is -2.75. The molecule has 0 radical (unpaired) electrons. The summed E-state index contributed by atoms with van der Waals surface area (Å²) < 4.78 is 25.3. The molecule has 156 valence electrons. The molecule has 1 amide bonds. The van der Waals surface area contributed by atoms with E-state index < -0.39 is 10.0 Å². The van der Waals surface area contributed by atoms with E-state index in [1.165, 1.54) is 44.3 Å². The van der Waals surface area contributed by atoms with Gasteiger partial charge in [0.25, 0.3) is 0 Å². The molecule has 3 rings (SSSR count). The molecule has 0 aliphatic carbocycles. The van der Waals surface area contributed by atoms with Crippen molar-refractivity contribution in [3.05, 3.63) is 67.0 Å². The molecule has 0 aliphatic heterocycles. The van der Waals surface area contributed by atoms with Crippen molar-refractivity contribution < 1.29 is 13.2 Å². The second-order valence-electron chi connectivity index (χ2n) is 6.57. The van der Waals surface area contributed by atoms with Gasteiger partial charge < -0.3 is 5.32 Å². The summed E-state index contributed by atoms with van der Waals surface area (Å²) in [4.78, 5) is 20.9. The van der Waals surface area contributed by atoms with Gasteiger partial charge in [-0.1, -0.05) is 30.3 Å². The third-order valence-corrected chi connectivity index (χ3v) is 6.96. The van der Waals surface area contributed by atoms with Gasteiger partial charge in [0.15, 0.2) is 0 Å². The molecule has 1 heterocycles. The highest BCUT2D eigenvalue weighted by Gasteiger charge is 2.16. The lowest BCUT2D eigenvalue weighted by atomic mass is 10.1. The van der Waals surface area contributed by atoms with Gasteiger partial charge in [0, 0.05) is 37.5 Å². The van der Waals surface area contributed by atoms with Gasteiger partial charge in [-0.05, 0) is 30.3 Å². The predicted molar refractivity (Wildman–Crippen MR) is 119 cm³/mol. The highest BCUT2D eigenvalue weighted by Crippen LogP contribution is 2.22. The summed E-state index contributed by atoms with van der Waals surface area (Å²) in [5, 5.41) is 3.58. The Morgan fingerprint density at radius 2 is 1.73 bits per heavy atom. The normalized spacial score (nSPS) is 11.4. The molecule has 0 fully saturated rings. The average molecular weight is 443 g/mol. The molecule has 0 spiro atoms. The molecule has 0 unspecified atom stereocenters. The molecule has 0 atom stereocenters. The number of thioether (sulfide) groups is 1. The molecule has 0 bridgehead atoms. The summed E-state index contributed by atoms with van der Waals surface area (Å²) >= 11 is 1.48. The van der Waals surface area contributed by atoms with Crippen molar-refractivity contribution >= 4 is 33.4 Å². The lowest BCUT2D eigenvalue weighted by Crippen LogP contribution is -2.22. The maximum atomic E-state index is 12.2. The highest BCUT2D eigenvalue weighted by atomic mass is 32.2. The molecular weight excluding hydrogens is 420 g/mol. The Kier molecular flexibility index (Phi) is 7.20. The average Bonchev–Trinajstić information content (AvgIpc) is 2.75. The van der Waals surface area contributed by atoms with Gasteiger partial charge in [-0.25, -0.2) is 22.7 Å². The molecule has 0 saturated carbocycles. The fourth-order valence-electron chi connectivity index (χ4n) is 2.58. The van der Waals surface area contributed by atoms with Crippen LogP contribution in [-0.4, -0.2) is 48.4 Å². The summed E-state index contributed by atoms with van der Waals surface area (Å²) in [6.07, 6.45) is 1.82. The third-order valence-electron chi connectivity index (χ3n) is 4.21. The Balaban J connectivity index is 1.52. The van der Waals surface area contributed by atoms with Crippen LogP contribution < -0.4 is 5.32 Å². The number of nitrogens with zero attached hydrogens (tertiary/aromatic N) is 3. The van der Waals surface area contributed by atoms with E-state index in [1.807, 2.05) is 36.4 Å². The molecule has 0 saturated heterocycles. The van der Waals surface area contributed by atoms with Crippen molar-refractivity contribution in [1.29, 1.82) is 0 Å². The molecule has 0 aliphatic rings. The summed E-state index contributed by atoms with van der Waals surface area (Å²) in [5.74, 6) is 0.410. The Labute approximate surface area is 180 Å². The van der Waals surface area contributed by atoms with E-state index in [2.05, 4.69) is 15.3 Å². The van der Waals surface area contributed by atoms with E-state index in [4.69, 9.17) is 0 Å². The van der Waals surface area contributed by atoms with E-state index in [0.29, 0.717) is 17.9 Å². The van der Waals surface area contributed by atoms with Crippen molar-refractivity contribution in [3.63, 3.8) is 0 Å². The van der Waals surface area contributed by atoms with Crippen LogP contribution in [0.4, 0.5) is 5.69 Å². The van der Waals surface area contributed by atoms with Crippen LogP contribution in [0, 0.1) is 0 Å². The van der Waals surface area contributed by atoms with Crippen molar-refractivity contribution in [2.75, 3.05) is 25.2 Å². The van der Waals surface area contributed by atoms with Gasteiger partial charge in [0.05, 0.1) is 15.6 Å². The second-order valence-corrected chi connectivity index (χ2v) is 9.83. The molecule has 2 aromatic carbocycles. The monoisotopic (exact) mass is 442 g/mol. The SMILES string of the molecule is CN(C)S(=O)(=O)c1ccc(NC(=O)CCSc2cc(-c3ccccc3)ncn2)cc1. The Morgan fingerprint density at radius 3 is 2.40 bits per heavy atom. The van der Waals surface area contributed by atoms with Gasteiger partial charge in [-0.2, -0.15) is 0 Å². The van der Waals surface area contributed by atoms with Gasteiger partial charge in [-0.15, -0.1) is 11.8 Å². The number of nitrogens with one attached hydrogen (secondary N) is 1. The first-order chi connectivity index (χ1) is 14.4. The second kappa shape index (κ2) is 9.84. The minimum atomic E-state index is -3.49. The maximum absolute atomic E-state index is 12.2. The van der Waals surface area contributed by atoms with E-state index in [-0.39, 0.29) is 10.8 Å². The van der Waals surface area contributed by atoms with E-state index >= 15 is 0 Å². The summed E-state index contributed by atoms with van der Waals surface area (Å²) in [5.41, 5.74) is 2.40. The first kappa shape index (κ1) is 21.9. The van der Waals surface area contributed by atoms with Gasteiger partial charge >= 0.3 is 0 Å². The number of aromatic nitrogens is 2. The zero-order valence-corrected chi connectivity index (χ0v) is 18.3. The molecule has 3 aromatic rings. The van der Waals surface area contributed by atoms with Crippen LogP contribution in [0.15, 0.2) is 76.9 Å². The summed E-state index contributed by atoms with van der Waals surface area (Å²) in [7, 11) is -0.535. The first-order valence-corrected chi connectivity index (χ1v) is 11.6. The quantitative estimate of drug-likeness (QED) is 0.424. The predicted octanol–water partition coefficient (Wildman–Crippen LogP) is 3.51. The Bertz CT molecular complexity index is 1100. The van der Waals surface area contributed by atoms with Crippen molar-refractivity contribution in [1.82, 2.24) is 14.3 Å². The third kappa shape index (κ3) is 5.65. The van der Waals surface area contributed by atoms with Crippen LogP contribution in [0.1, 0.15) is 6.42 Å². The minimum Gasteiger partial charge on any atom is -0.326 e. The molecule has 7 nitrogen and oxygen atoms in total. The van der Waals surface area contributed by atoms with E-state index in [9.17, 15) is 13.2 Å². The first-order valence-electron chi connectivity index (χ1n) is 9.19. The van der Waals surface area contributed by atoms with Crippen LogP contribution >= 0.6 is 11.8 Å². The Morgan fingerprint density at radius 1 is 1.03 bits per heavy atom. The van der Waals surface area contributed by atoms with Crippen LogP contribution in [0.3, 0.4) is 0 Å². The van der Waals surface area contributed by atoms with E-state index in [1.54, 1.807) is 12.1 Å². The topological polar surface area (TPSA) is 92.3 Å². The number of carbonyl (C=O) groups is 1. The van der Waals surface area contributed by atoms with Crippen molar-refractivity contribution in [3.8, 4) is 11.3 Å². The minimum absolute atomic E-state index is 0.150. The van der Waals surface area contributed by atoms with Crippen LogP contribution in [0.5, 0.6) is 0 Å². The fourth-order valence-corrected chi connectivity index (χ4v) is 4.29. The largest absolute Gasteiger partial charge is 0.326 e. The van der Waals surface area contributed by atoms with Gasteiger partial charge in [-0.3, -0.25) is 4.79 Å². The van der Waals surface area contributed by atoms with Gasteiger partial charge in [0.2, 0.25) is 15.9 Å². The number of hydrogen-bond acceptors (Lipinski definition) is 6. The highest BCUT2D eigenvalue weighted by molar-refractivity contribution is 7.99. The smallest absolute Gasteiger partial charge is 0.242 e.